The van der Waals surface area contributed by atoms with Crippen molar-refractivity contribution in [1.29, 1.82) is 0 Å². The molecule has 0 spiro atoms. The van der Waals surface area contributed by atoms with Crippen LogP contribution in [0.4, 0.5) is 4.79 Å². The molecule has 0 aromatic heterocycles. The number of benzene rings is 1. The van der Waals surface area contributed by atoms with E-state index in [1.165, 1.54) is 0 Å². The van der Waals surface area contributed by atoms with Crippen molar-refractivity contribution in [3.05, 3.63) is 29.8 Å². The lowest BCUT2D eigenvalue weighted by molar-refractivity contribution is -0.128. The Morgan fingerprint density at radius 3 is 2.10 bits per heavy atom. The fourth-order valence-corrected chi connectivity index (χ4v) is 3.81. The van der Waals surface area contributed by atoms with E-state index < -0.39 is 32.0 Å². The topological polar surface area (TPSA) is 72.9 Å². The lowest BCUT2D eigenvalue weighted by Gasteiger charge is -2.36. The zero-order chi connectivity index (χ0) is 22.2. The number of ether oxygens (including phenoxy) is 1. The Labute approximate surface area is 174 Å². The van der Waals surface area contributed by atoms with Crippen molar-refractivity contribution in [3.8, 4) is 5.75 Å². The van der Waals surface area contributed by atoms with Crippen LogP contribution in [0.5, 0.6) is 5.75 Å². The fraction of sp³-hybridized carbons (Fsp3) is 0.591. The van der Waals surface area contributed by atoms with Gasteiger partial charge >= 0.3 is 6.09 Å². The van der Waals surface area contributed by atoms with Crippen LogP contribution in [0.1, 0.15) is 53.5 Å². The third kappa shape index (κ3) is 5.69. The summed E-state index contributed by atoms with van der Waals surface area (Å²) in [6.45, 7) is 16.1. The molecule has 0 saturated carbocycles. The number of rotatable bonds is 4. The van der Waals surface area contributed by atoms with Gasteiger partial charge in [0.2, 0.25) is 14.2 Å². The van der Waals surface area contributed by atoms with E-state index in [4.69, 9.17) is 9.16 Å². The number of amides is 2. The first-order valence-electron chi connectivity index (χ1n) is 9.96. The van der Waals surface area contributed by atoms with Gasteiger partial charge in [0.15, 0.2) is 5.78 Å². The molecule has 1 aliphatic rings. The third-order valence-corrected chi connectivity index (χ3v) is 9.76. The van der Waals surface area contributed by atoms with Crippen LogP contribution in [0, 0.1) is 0 Å². The Hall–Kier alpha value is -2.15. The zero-order valence-electron chi connectivity index (χ0n) is 18.8. The predicted octanol–water partition coefficient (Wildman–Crippen LogP) is 4.72. The molecule has 0 aliphatic carbocycles. The second-order valence-electron chi connectivity index (χ2n) is 10.1. The smallest absolute Gasteiger partial charge is 0.417 e. The summed E-state index contributed by atoms with van der Waals surface area (Å²) in [6, 6.07) is 6.70. The quantitative estimate of drug-likeness (QED) is 0.522. The summed E-state index contributed by atoms with van der Waals surface area (Å²) in [4.78, 5) is 38.0. The van der Waals surface area contributed by atoms with Gasteiger partial charge in [0.05, 0.1) is 6.42 Å². The molecule has 2 amide bonds. The molecule has 7 heteroatoms. The van der Waals surface area contributed by atoms with Crippen LogP contribution < -0.4 is 4.43 Å². The van der Waals surface area contributed by atoms with Gasteiger partial charge in [-0.1, -0.05) is 32.9 Å². The second kappa shape index (κ2) is 7.93. The molecule has 0 N–H and O–H groups in total. The Bertz CT molecular complexity index is 787. The molecule has 1 heterocycles. The molecule has 0 radical (unpaired) electrons. The molecule has 1 aromatic rings. The van der Waals surface area contributed by atoms with E-state index >= 15 is 0 Å². The summed E-state index contributed by atoms with van der Waals surface area (Å²) in [5.41, 5.74) is 0.116. The zero-order valence-corrected chi connectivity index (χ0v) is 19.8. The SMILES string of the molecule is CC(C)(C)OC(=O)N1C(=O)CC(=O)[C@@H]1Cc1ccc(O[Si](C)(C)C(C)(C)C)cc1. The monoisotopic (exact) mass is 419 g/mol. The van der Waals surface area contributed by atoms with Crippen LogP contribution >= 0.6 is 0 Å². The van der Waals surface area contributed by atoms with Gasteiger partial charge in [0, 0.05) is 6.42 Å². The third-order valence-electron chi connectivity index (χ3n) is 5.40. The van der Waals surface area contributed by atoms with Crippen LogP contribution in [0.15, 0.2) is 24.3 Å². The summed E-state index contributed by atoms with van der Waals surface area (Å²) >= 11 is 0. The van der Waals surface area contributed by atoms with Crippen LogP contribution in [-0.2, 0) is 20.7 Å². The maximum Gasteiger partial charge on any atom is 0.417 e. The average molecular weight is 420 g/mol. The molecule has 1 saturated heterocycles. The largest absolute Gasteiger partial charge is 0.544 e. The van der Waals surface area contributed by atoms with E-state index in [1.807, 2.05) is 24.3 Å². The fourth-order valence-electron chi connectivity index (χ4n) is 2.78. The van der Waals surface area contributed by atoms with Gasteiger partial charge in [-0.15, -0.1) is 0 Å². The van der Waals surface area contributed by atoms with Gasteiger partial charge in [0.1, 0.15) is 17.4 Å². The molecular formula is C22H33NO5Si. The molecule has 1 aliphatic heterocycles. The molecule has 1 aromatic carbocycles. The van der Waals surface area contributed by atoms with Crippen molar-refractivity contribution in [2.24, 2.45) is 0 Å². The normalized spacial score (nSPS) is 18.2. The highest BCUT2D eigenvalue weighted by atomic mass is 28.4. The summed E-state index contributed by atoms with van der Waals surface area (Å²) in [5, 5.41) is 0.0935. The first-order chi connectivity index (χ1) is 13.1. The van der Waals surface area contributed by atoms with Crippen molar-refractivity contribution >= 4 is 26.1 Å². The Morgan fingerprint density at radius 1 is 1.07 bits per heavy atom. The Balaban J connectivity index is 2.14. The number of imide groups is 1. The first-order valence-corrected chi connectivity index (χ1v) is 12.9. The summed E-state index contributed by atoms with van der Waals surface area (Å²) in [7, 11) is -1.94. The number of Topliss-reactive ketones (excluding diaryl/α,β-unsaturated/α-hetero) is 1. The molecule has 0 unspecified atom stereocenters. The maximum atomic E-state index is 12.4. The number of carbonyl (C=O) groups excluding carboxylic acids is 3. The van der Waals surface area contributed by atoms with E-state index in [0.717, 1.165) is 16.2 Å². The van der Waals surface area contributed by atoms with Crippen molar-refractivity contribution in [1.82, 2.24) is 4.90 Å². The standard InChI is InChI=1S/C22H33NO5Si/c1-21(2,3)27-20(26)23-17(18(24)14-19(23)25)13-15-9-11-16(12-10-15)28-29(7,8)22(4,5)6/h9-12,17H,13-14H2,1-8H3/t17-/m0/s1. The highest BCUT2D eigenvalue weighted by molar-refractivity contribution is 6.74. The lowest BCUT2D eigenvalue weighted by Crippen LogP contribution is -2.44. The van der Waals surface area contributed by atoms with E-state index in [-0.39, 0.29) is 23.7 Å². The number of ketones is 1. The number of likely N-dealkylation sites (tertiary alicyclic amines) is 1. The molecule has 0 bridgehead atoms. The number of hydrogen-bond acceptors (Lipinski definition) is 5. The van der Waals surface area contributed by atoms with Gasteiger partial charge in [-0.3, -0.25) is 9.59 Å². The predicted molar refractivity (Wildman–Crippen MR) is 114 cm³/mol. The van der Waals surface area contributed by atoms with Crippen LogP contribution in [-0.4, -0.2) is 42.6 Å². The van der Waals surface area contributed by atoms with Gasteiger partial charge in [-0.2, -0.15) is 0 Å². The summed E-state index contributed by atoms with van der Waals surface area (Å²) in [5.74, 6) is 0.0211. The maximum absolute atomic E-state index is 12.4. The van der Waals surface area contributed by atoms with Gasteiger partial charge in [0.25, 0.3) is 0 Å². The number of hydrogen-bond donors (Lipinski definition) is 0. The molecule has 1 fully saturated rings. The van der Waals surface area contributed by atoms with E-state index in [9.17, 15) is 14.4 Å². The minimum absolute atomic E-state index is 0.0935. The molecule has 1 atom stereocenters. The Kier molecular flexibility index (Phi) is 6.33. The van der Waals surface area contributed by atoms with E-state index in [2.05, 4.69) is 33.9 Å². The van der Waals surface area contributed by atoms with E-state index in [0.29, 0.717) is 0 Å². The van der Waals surface area contributed by atoms with Gasteiger partial charge < -0.3 is 9.16 Å². The first kappa shape index (κ1) is 23.1. The molecular weight excluding hydrogens is 386 g/mol. The van der Waals surface area contributed by atoms with Crippen LogP contribution in [0.3, 0.4) is 0 Å². The molecule has 6 nitrogen and oxygen atoms in total. The number of carbonyl (C=O) groups is 3. The summed E-state index contributed by atoms with van der Waals surface area (Å²) in [6.07, 6.45) is -0.767. The minimum Gasteiger partial charge on any atom is -0.544 e. The minimum atomic E-state index is -1.94. The summed E-state index contributed by atoms with van der Waals surface area (Å²) < 4.78 is 11.6. The molecule has 2 rings (SSSR count). The average Bonchev–Trinajstić information content (AvgIpc) is 2.80. The highest BCUT2D eigenvalue weighted by Gasteiger charge is 2.44. The van der Waals surface area contributed by atoms with Crippen molar-refractivity contribution in [3.63, 3.8) is 0 Å². The lowest BCUT2D eigenvalue weighted by atomic mass is 10.0. The van der Waals surface area contributed by atoms with E-state index in [1.54, 1.807) is 20.8 Å². The molecule has 29 heavy (non-hydrogen) atoms. The molecule has 160 valence electrons. The van der Waals surface area contributed by atoms with Crippen molar-refractivity contribution < 1.29 is 23.5 Å². The second-order valence-corrected chi connectivity index (χ2v) is 14.8. The van der Waals surface area contributed by atoms with Crippen LogP contribution in [0.2, 0.25) is 18.1 Å². The van der Waals surface area contributed by atoms with Crippen molar-refractivity contribution in [2.75, 3.05) is 0 Å². The Morgan fingerprint density at radius 2 is 1.62 bits per heavy atom. The number of nitrogens with zero attached hydrogens (tertiary/aromatic N) is 1. The van der Waals surface area contributed by atoms with Crippen molar-refractivity contribution in [2.45, 2.75) is 84.2 Å². The highest BCUT2D eigenvalue weighted by Crippen LogP contribution is 2.37. The van der Waals surface area contributed by atoms with Crippen LogP contribution in [0.25, 0.3) is 0 Å². The van der Waals surface area contributed by atoms with Gasteiger partial charge in [-0.25, -0.2) is 9.69 Å². The van der Waals surface area contributed by atoms with Gasteiger partial charge in [-0.05, 0) is 56.6 Å².